The number of aryl methyl sites for hydroxylation is 3. The SMILES string of the molecule is Cc1ccc(CN(C)C(=O)c2ccc(Cl)c(S(=O)(=O)Nc3ccc(C)c(C)c3)c2)cc1. The molecular weight excluding hydrogens is 432 g/mol. The molecule has 0 aliphatic rings. The van der Waals surface area contributed by atoms with Crippen molar-refractivity contribution in [3.8, 4) is 0 Å². The summed E-state index contributed by atoms with van der Waals surface area (Å²) < 4.78 is 28.5. The molecule has 0 saturated carbocycles. The van der Waals surface area contributed by atoms with Crippen LogP contribution < -0.4 is 4.72 Å². The minimum absolute atomic E-state index is 0.0501. The Morgan fingerprint density at radius 2 is 1.61 bits per heavy atom. The van der Waals surface area contributed by atoms with Gasteiger partial charge in [-0.15, -0.1) is 0 Å². The second-order valence-corrected chi connectivity index (χ2v) is 9.75. The fraction of sp³-hybridized carbons (Fsp3) is 0.208. The normalized spacial score (nSPS) is 11.3. The maximum Gasteiger partial charge on any atom is 0.263 e. The molecule has 0 aliphatic heterocycles. The topological polar surface area (TPSA) is 66.5 Å². The Kier molecular flexibility index (Phi) is 6.72. The molecule has 0 spiro atoms. The highest BCUT2D eigenvalue weighted by Gasteiger charge is 2.22. The molecule has 0 heterocycles. The number of carbonyl (C=O) groups is 1. The standard InChI is InChI=1S/C24H25ClN2O3S/c1-16-5-8-19(9-6-16)15-27(4)24(28)20-10-12-22(25)23(14-20)31(29,30)26-21-11-7-17(2)18(3)13-21/h5-14,26H,15H2,1-4H3. The summed E-state index contributed by atoms with van der Waals surface area (Å²) in [6.45, 7) is 6.26. The minimum atomic E-state index is -3.97. The summed E-state index contributed by atoms with van der Waals surface area (Å²) in [6, 6.07) is 17.5. The fourth-order valence-electron chi connectivity index (χ4n) is 3.12. The summed E-state index contributed by atoms with van der Waals surface area (Å²) in [5.41, 5.74) is 4.84. The van der Waals surface area contributed by atoms with Gasteiger partial charge in [-0.25, -0.2) is 8.42 Å². The van der Waals surface area contributed by atoms with Crippen LogP contribution in [0.5, 0.6) is 0 Å². The number of sulfonamides is 1. The molecule has 0 atom stereocenters. The Labute approximate surface area is 188 Å². The second kappa shape index (κ2) is 9.12. The highest BCUT2D eigenvalue weighted by molar-refractivity contribution is 7.92. The third kappa shape index (κ3) is 5.46. The van der Waals surface area contributed by atoms with Crippen molar-refractivity contribution in [2.45, 2.75) is 32.2 Å². The van der Waals surface area contributed by atoms with E-state index in [1.54, 1.807) is 24.1 Å². The number of anilines is 1. The average Bonchev–Trinajstić information content (AvgIpc) is 2.72. The van der Waals surface area contributed by atoms with E-state index in [2.05, 4.69) is 4.72 Å². The minimum Gasteiger partial charge on any atom is -0.337 e. The highest BCUT2D eigenvalue weighted by Crippen LogP contribution is 2.26. The van der Waals surface area contributed by atoms with E-state index in [9.17, 15) is 13.2 Å². The smallest absolute Gasteiger partial charge is 0.263 e. The van der Waals surface area contributed by atoms with Gasteiger partial charge in [-0.05, 0) is 67.8 Å². The Morgan fingerprint density at radius 1 is 0.935 bits per heavy atom. The first-order valence-electron chi connectivity index (χ1n) is 9.77. The first-order chi connectivity index (χ1) is 14.6. The van der Waals surface area contributed by atoms with Crippen LogP contribution >= 0.6 is 11.6 Å². The third-order valence-corrected chi connectivity index (χ3v) is 6.98. The Morgan fingerprint density at radius 3 is 2.26 bits per heavy atom. The average molecular weight is 457 g/mol. The third-order valence-electron chi connectivity index (χ3n) is 5.11. The second-order valence-electron chi connectivity index (χ2n) is 7.70. The van der Waals surface area contributed by atoms with Gasteiger partial charge in [-0.3, -0.25) is 9.52 Å². The molecule has 3 aromatic rings. The fourth-order valence-corrected chi connectivity index (χ4v) is 4.69. The van der Waals surface area contributed by atoms with E-state index in [0.29, 0.717) is 12.2 Å². The summed E-state index contributed by atoms with van der Waals surface area (Å²) in [5.74, 6) is -0.292. The van der Waals surface area contributed by atoms with Crippen molar-refractivity contribution in [3.05, 3.63) is 93.5 Å². The largest absolute Gasteiger partial charge is 0.337 e. The molecule has 3 aromatic carbocycles. The van der Waals surface area contributed by atoms with Gasteiger partial charge in [-0.1, -0.05) is 47.5 Å². The summed E-state index contributed by atoms with van der Waals surface area (Å²) in [5, 5.41) is 0.0501. The molecule has 3 rings (SSSR count). The number of nitrogens with one attached hydrogen (secondary N) is 1. The zero-order valence-electron chi connectivity index (χ0n) is 17.9. The van der Waals surface area contributed by atoms with Crippen molar-refractivity contribution in [1.29, 1.82) is 0 Å². The van der Waals surface area contributed by atoms with Crippen LogP contribution in [0, 0.1) is 20.8 Å². The molecule has 7 heteroatoms. The van der Waals surface area contributed by atoms with E-state index in [-0.39, 0.29) is 21.4 Å². The summed E-state index contributed by atoms with van der Waals surface area (Å²) in [4.78, 5) is 14.3. The van der Waals surface area contributed by atoms with E-state index in [1.807, 2.05) is 51.1 Å². The molecule has 0 aliphatic carbocycles. The maximum atomic E-state index is 13.0. The van der Waals surface area contributed by atoms with Crippen LogP contribution in [0.15, 0.2) is 65.6 Å². The molecule has 1 amide bonds. The predicted octanol–water partition coefficient (Wildman–Crippen LogP) is 5.34. The van der Waals surface area contributed by atoms with Crippen LogP contribution in [-0.4, -0.2) is 26.3 Å². The lowest BCUT2D eigenvalue weighted by molar-refractivity contribution is 0.0785. The van der Waals surface area contributed by atoms with Crippen LogP contribution in [0.3, 0.4) is 0 Å². The number of rotatable bonds is 6. The van der Waals surface area contributed by atoms with Crippen LogP contribution in [-0.2, 0) is 16.6 Å². The number of halogens is 1. The van der Waals surface area contributed by atoms with Gasteiger partial charge in [0.05, 0.1) is 5.02 Å². The Balaban J connectivity index is 1.85. The molecule has 31 heavy (non-hydrogen) atoms. The van der Waals surface area contributed by atoms with Gasteiger partial charge in [0.25, 0.3) is 15.9 Å². The molecule has 0 aromatic heterocycles. The van der Waals surface area contributed by atoms with Gasteiger partial charge in [0.1, 0.15) is 4.90 Å². The maximum absolute atomic E-state index is 13.0. The van der Waals surface area contributed by atoms with Crippen molar-refractivity contribution < 1.29 is 13.2 Å². The van der Waals surface area contributed by atoms with Gasteiger partial charge < -0.3 is 4.90 Å². The molecule has 0 radical (unpaired) electrons. The Bertz CT molecular complexity index is 1220. The predicted molar refractivity (Wildman–Crippen MR) is 125 cm³/mol. The highest BCUT2D eigenvalue weighted by atomic mass is 35.5. The van der Waals surface area contributed by atoms with Crippen molar-refractivity contribution >= 4 is 33.2 Å². The van der Waals surface area contributed by atoms with Crippen LogP contribution in [0.2, 0.25) is 5.02 Å². The molecule has 0 saturated heterocycles. The van der Waals surface area contributed by atoms with E-state index >= 15 is 0 Å². The monoisotopic (exact) mass is 456 g/mol. The van der Waals surface area contributed by atoms with Gasteiger partial charge in [0, 0.05) is 24.8 Å². The first-order valence-corrected chi connectivity index (χ1v) is 11.6. The lowest BCUT2D eigenvalue weighted by Crippen LogP contribution is -2.26. The molecule has 5 nitrogen and oxygen atoms in total. The van der Waals surface area contributed by atoms with E-state index in [1.165, 1.54) is 18.2 Å². The zero-order valence-corrected chi connectivity index (χ0v) is 19.5. The van der Waals surface area contributed by atoms with Gasteiger partial charge in [0.15, 0.2) is 0 Å². The molecule has 0 fully saturated rings. The molecule has 162 valence electrons. The number of hydrogen-bond acceptors (Lipinski definition) is 3. The molecule has 0 unspecified atom stereocenters. The summed E-state index contributed by atoms with van der Waals surface area (Å²) >= 11 is 6.19. The van der Waals surface area contributed by atoms with Crippen molar-refractivity contribution in [3.63, 3.8) is 0 Å². The van der Waals surface area contributed by atoms with Crippen molar-refractivity contribution in [1.82, 2.24) is 4.90 Å². The lowest BCUT2D eigenvalue weighted by atomic mass is 10.1. The number of nitrogens with zero attached hydrogens (tertiary/aromatic N) is 1. The summed E-state index contributed by atoms with van der Waals surface area (Å²) in [7, 11) is -2.29. The van der Waals surface area contributed by atoms with Gasteiger partial charge in [0.2, 0.25) is 0 Å². The van der Waals surface area contributed by atoms with E-state index in [4.69, 9.17) is 11.6 Å². The number of carbonyl (C=O) groups excluding carboxylic acids is 1. The quantitative estimate of drug-likeness (QED) is 0.544. The molecule has 0 bridgehead atoms. The zero-order chi connectivity index (χ0) is 22.8. The van der Waals surface area contributed by atoms with Crippen molar-refractivity contribution in [2.75, 3.05) is 11.8 Å². The molecular formula is C24H25ClN2O3S. The Hall–Kier alpha value is -2.83. The number of hydrogen-bond donors (Lipinski definition) is 1. The van der Waals surface area contributed by atoms with E-state index < -0.39 is 10.0 Å². The van der Waals surface area contributed by atoms with Gasteiger partial charge >= 0.3 is 0 Å². The van der Waals surface area contributed by atoms with E-state index in [0.717, 1.165) is 22.3 Å². The number of benzene rings is 3. The first kappa shape index (κ1) is 22.8. The number of amides is 1. The van der Waals surface area contributed by atoms with Crippen LogP contribution in [0.4, 0.5) is 5.69 Å². The van der Waals surface area contributed by atoms with Crippen LogP contribution in [0.1, 0.15) is 32.6 Å². The van der Waals surface area contributed by atoms with Gasteiger partial charge in [-0.2, -0.15) is 0 Å². The molecule has 1 N–H and O–H groups in total. The lowest BCUT2D eigenvalue weighted by Gasteiger charge is -2.18. The summed E-state index contributed by atoms with van der Waals surface area (Å²) in [6.07, 6.45) is 0. The van der Waals surface area contributed by atoms with Crippen molar-refractivity contribution in [2.24, 2.45) is 0 Å². The van der Waals surface area contributed by atoms with Crippen LogP contribution in [0.25, 0.3) is 0 Å².